The van der Waals surface area contributed by atoms with Crippen molar-refractivity contribution in [3.8, 4) is 6.07 Å². The van der Waals surface area contributed by atoms with Crippen molar-refractivity contribution < 1.29 is 0 Å². The Morgan fingerprint density at radius 3 is 2.67 bits per heavy atom. The van der Waals surface area contributed by atoms with Gasteiger partial charge in [-0.15, -0.1) is 0 Å². The zero-order valence-electron chi connectivity index (χ0n) is 6.14. The summed E-state index contributed by atoms with van der Waals surface area (Å²) in [5.41, 5.74) is 7.07. The molecular formula is C8H6BrIN2. The highest BCUT2D eigenvalue weighted by Gasteiger charge is 2.07. The van der Waals surface area contributed by atoms with Gasteiger partial charge in [0, 0.05) is 14.6 Å². The Morgan fingerprint density at radius 1 is 1.58 bits per heavy atom. The second-order valence-corrected chi connectivity index (χ2v) is 4.22. The van der Waals surface area contributed by atoms with Crippen LogP contribution >= 0.6 is 38.5 Å². The summed E-state index contributed by atoms with van der Waals surface area (Å²) in [6, 6.07) is 5.92. The van der Waals surface area contributed by atoms with Crippen molar-refractivity contribution >= 4 is 38.5 Å². The highest BCUT2D eigenvalue weighted by Crippen LogP contribution is 2.23. The third-order valence-electron chi connectivity index (χ3n) is 1.52. The molecule has 2 nitrogen and oxygen atoms in total. The first-order valence-corrected chi connectivity index (χ1v) is 5.15. The van der Waals surface area contributed by atoms with Gasteiger partial charge < -0.3 is 5.73 Å². The molecular weight excluding hydrogens is 331 g/mol. The van der Waals surface area contributed by atoms with E-state index in [4.69, 9.17) is 11.0 Å². The lowest BCUT2D eigenvalue weighted by molar-refractivity contribution is 1.05. The van der Waals surface area contributed by atoms with Gasteiger partial charge in [0.05, 0.1) is 5.56 Å². The van der Waals surface area contributed by atoms with E-state index in [2.05, 4.69) is 44.6 Å². The minimum Gasteiger partial charge on any atom is -0.326 e. The van der Waals surface area contributed by atoms with Crippen LogP contribution in [-0.2, 0) is 6.54 Å². The van der Waals surface area contributed by atoms with Crippen LogP contribution in [0.15, 0.2) is 16.6 Å². The number of nitrogens with zero attached hydrogens (tertiary/aromatic N) is 1. The van der Waals surface area contributed by atoms with Gasteiger partial charge in [-0.2, -0.15) is 5.26 Å². The molecule has 0 aliphatic rings. The van der Waals surface area contributed by atoms with E-state index in [1.807, 2.05) is 12.1 Å². The van der Waals surface area contributed by atoms with E-state index in [-0.39, 0.29) is 0 Å². The Morgan fingerprint density at radius 2 is 2.25 bits per heavy atom. The summed E-state index contributed by atoms with van der Waals surface area (Å²) in [7, 11) is 0. The van der Waals surface area contributed by atoms with Crippen molar-refractivity contribution in [3.05, 3.63) is 31.3 Å². The molecule has 0 saturated heterocycles. The van der Waals surface area contributed by atoms with Gasteiger partial charge in [-0.25, -0.2) is 0 Å². The van der Waals surface area contributed by atoms with Crippen LogP contribution in [0.1, 0.15) is 11.1 Å². The predicted molar refractivity (Wildman–Crippen MR) is 59.5 cm³/mol. The van der Waals surface area contributed by atoms with E-state index in [0.29, 0.717) is 12.1 Å². The van der Waals surface area contributed by atoms with Gasteiger partial charge in [-0.1, -0.05) is 0 Å². The van der Waals surface area contributed by atoms with Gasteiger partial charge >= 0.3 is 0 Å². The predicted octanol–water partition coefficient (Wildman–Crippen LogP) is 2.38. The zero-order chi connectivity index (χ0) is 9.14. The fraction of sp³-hybridized carbons (Fsp3) is 0.125. The summed E-state index contributed by atoms with van der Waals surface area (Å²) in [6.45, 7) is 0.403. The summed E-state index contributed by atoms with van der Waals surface area (Å²) in [4.78, 5) is 0. The molecule has 0 heterocycles. The smallest absolute Gasteiger partial charge is 0.101 e. The third-order valence-corrected chi connectivity index (χ3v) is 3.19. The molecule has 62 valence electrons. The number of rotatable bonds is 1. The van der Waals surface area contributed by atoms with Crippen molar-refractivity contribution in [3.63, 3.8) is 0 Å². The molecule has 12 heavy (non-hydrogen) atoms. The molecule has 0 saturated carbocycles. The Hall–Kier alpha value is -0.120. The third kappa shape index (κ3) is 1.79. The number of nitriles is 1. The number of halogens is 2. The lowest BCUT2D eigenvalue weighted by Crippen LogP contribution is -2.02. The summed E-state index contributed by atoms with van der Waals surface area (Å²) < 4.78 is 1.85. The Kier molecular flexibility index (Phi) is 3.50. The van der Waals surface area contributed by atoms with Gasteiger partial charge in [0.25, 0.3) is 0 Å². The average molecular weight is 337 g/mol. The van der Waals surface area contributed by atoms with Gasteiger partial charge in [0.1, 0.15) is 6.07 Å². The van der Waals surface area contributed by atoms with E-state index < -0.39 is 0 Å². The maximum Gasteiger partial charge on any atom is 0.101 e. The number of hydrogen-bond donors (Lipinski definition) is 1. The molecule has 0 aromatic heterocycles. The molecule has 4 heteroatoms. The quantitative estimate of drug-likeness (QED) is 0.800. The van der Waals surface area contributed by atoms with E-state index in [1.165, 1.54) is 0 Å². The van der Waals surface area contributed by atoms with Gasteiger partial charge in [0.15, 0.2) is 0 Å². The van der Waals surface area contributed by atoms with Crippen LogP contribution < -0.4 is 5.73 Å². The van der Waals surface area contributed by atoms with Crippen LogP contribution in [0.3, 0.4) is 0 Å². The summed E-state index contributed by atoms with van der Waals surface area (Å²) in [5, 5.41) is 8.82. The van der Waals surface area contributed by atoms with Crippen molar-refractivity contribution in [1.29, 1.82) is 5.26 Å². The molecule has 0 spiro atoms. The highest BCUT2D eigenvalue weighted by atomic mass is 127. The second-order valence-electron chi connectivity index (χ2n) is 2.20. The maximum absolute atomic E-state index is 8.82. The van der Waals surface area contributed by atoms with Gasteiger partial charge in [0.2, 0.25) is 0 Å². The van der Waals surface area contributed by atoms with E-state index in [9.17, 15) is 0 Å². The fourth-order valence-electron chi connectivity index (χ4n) is 0.914. The molecule has 1 aromatic rings. The Balaban J connectivity index is 3.41. The topological polar surface area (TPSA) is 49.8 Å². The van der Waals surface area contributed by atoms with Crippen LogP contribution in [0.4, 0.5) is 0 Å². The fourth-order valence-corrected chi connectivity index (χ4v) is 2.04. The minimum atomic E-state index is 0.403. The van der Waals surface area contributed by atoms with Crippen molar-refractivity contribution in [2.24, 2.45) is 5.73 Å². The highest BCUT2D eigenvalue weighted by molar-refractivity contribution is 14.1. The SMILES string of the molecule is N#Cc1c(Br)ccc(I)c1CN. The van der Waals surface area contributed by atoms with Crippen molar-refractivity contribution in [1.82, 2.24) is 0 Å². The summed E-state index contributed by atoms with van der Waals surface area (Å²) in [6.07, 6.45) is 0. The zero-order valence-corrected chi connectivity index (χ0v) is 9.89. The van der Waals surface area contributed by atoms with Crippen LogP contribution in [-0.4, -0.2) is 0 Å². The molecule has 0 radical (unpaired) electrons. The molecule has 0 unspecified atom stereocenters. The number of hydrogen-bond acceptors (Lipinski definition) is 2. The van der Waals surface area contributed by atoms with Crippen molar-refractivity contribution in [2.45, 2.75) is 6.54 Å². The molecule has 1 aromatic carbocycles. The van der Waals surface area contributed by atoms with Crippen LogP contribution in [0.2, 0.25) is 0 Å². The Labute approximate surface area is 93.0 Å². The van der Waals surface area contributed by atoms with E-state index in [0.717, 1.165) is 13.6 Å². The first-order valence-electron chi connectivity index (χ1n) is 3.27. The monoisotopic (exact) mass is 336 g/mol. The standard InChI is InChI=1S/C8H6BrIN2/c9-7-1-2-8(10)6(4-12)5(7)3-11/h1-2H,4,12H2. The first kappa shape index (κ1) is 9.96. The molecule has 0 aliphatic heterocycles. The molecule has 0 bridgehead atoms. The second kappa shape index (κ2) is 4.21. The lowest BCUT2D eigenvalue weighted by Gasteiger charge is -2.04. The van der Waals surface area contributed by atoms with Crippen LogP contribution in [0.25, 0.3) is 0 Å². The first-order chi connectivity index (χ1) is 5.70. The molecule has 1 rings (SSSR count). The minimum absolute atomic E-state index is 0.403. The summed E-state index contributed by atoms with van der Waals surface area (Å²) >= 11 is 5.47. The molecule has 0 fully saturated rings. The van der Waals surface area contributed by atoms with Crippen LogP contribution in [0, 0.1) is 14.9 Å². The van der Waals surface area contributed by atoms with Crippen molar-refractivity contribution in [2.75, 3.05) is 0 Å². The van der Waals surface area contributed by atoms with Gasteiger partial charge in [-0.05, 0) is 56.2 Å². The molecule has 0 atom stereocenters. The van der Waals surface area contributed by atoms with Gasteiger partial charge in [-0.3, -0.25) is 0 Å². The summed E-state index contributed by atoms with van der Waals surface area (Å²) in [5.74, 6) is 0. The largest absolute Gasteiger partial charge is 0.326 e. The molecule has 0 amide bonds. The number of nitrogens with two attached hydrogens (primary N) is 1. The number of benzene rings is 1. The molecule has 0 aliphatic carbocycles. The lowest BCUT2D eigenvalue weighted by atomic mass is 10.1. The molecule has 2 N–H and O–H groups in total. The van der Waals surface area contributed by atoms with E-state index >= 15 is 0 Å². The Bertz CT molecular complexity index is 344. The van der Waals surface area contributed by atoms with E-state index in [1.54, 1.807) is 0 Å². The normalized spacial score (nSPS) is 9.50. The average Bonchev–Trinajstić information content (AvgIpc) is 2.08. The maximum atomic E-state index is 8.82. The van der Waals surface area contributed by atoms with Crippen LogP contribution in [0.5, 0.6) is 0 Å².